The van der Waals surface area contributed by atoms with Crippen molar-refractivity contribution in [3.8, 4) is 0 Å². The summed E-state index contributed by atoms with van der Waals surface area (Å²) in [5.41, 5.74) is 8.42. The minimum atomic E-state index is 1.37. The van der Waals surface area contributed by atoms with Crippen molar-refractivity contribution in [3.05, 3.63) is 34.0 Å². The maximum atomic E-state index is 2.32. The van der Waals surface area contributed by atoms with Crippen LogP contribution in [0.1, 0.15) is 27.9 Å². The van der Waals surface area contributed by atoms with Crippen LogP contribution in [0.4, 0.5) is 0 Å². The van der Waals surface area contributed by atoms with E-state index in [1.165, 1.54) is 38.9 Å². The summed E-state index contributed by atoms with van der Waals surface area (Å²) in [6.45, 7) is 11.0. The number of hydrogen-bond donors (Lipinski definition) is 0. The van der Waals surface area contributed by atoms with Gasteiger partial charge in [0.15, 0.2) is 0 Å². The Balaban J connectivity index is 3.06. The van der Waals surface area contributed by atoms with Crippen molar-refractivity contribution < 1.29 is 0 Å². The standard InChI is InChI=1S/C14H19N/c1-8-7-13-11(4)12(5)15(6)14(13)10(3)9(8)2/h7H,1-6H3. The van der Waals surface area contributed by atoms with Crippen LogP contribution < -0.4 is 0 Å². The van der Waals surface area contributed by atoms with Gasteiger partial charge in [-0.3, -0.25) is 0 Å². The zero-order chi connectivity index (χ0) is 11.3. The SMILES string of the molecule is Cc1cc2c(C)c(C)n(C)c2c(C)c1C. The second-order valence-electron chi connectivity index (χ2n) is 4.61. The van der Waals surface area contributed by atoms with Crippen LogP contribution in [-0.2, 0) is 7.05 Å². The lowest BCUT2D eigenvalue weighted by Gasteiger charge is -2.08. The largest absolute Gasteiger partial charge is 0.347 e. The van der Waals surface area contributed by atoms with Crippen LogP contribution in [0, 0.1) is 34.6 Å². The van der Waals surface area contributed by atoms with Gasteiger partial charge in [0.2, 0.25) is 0 Å². The van der Waals surface area contributed by atoms with Gasteiger partial charge in [0, 0.05) is 18.1 Å². The summed E-state index contributed by atoms with van der Waals surface area (Å²) >= 11 is 0. The molecule has 0 amide bonds. The van der Waals surface area contributed by atoms with Gasteiger partial charge in [0.25, 0.3) is 0 Å². The van der Waals surface area contributed by atoms with Gasteiger partial charge in [0.05, 0.1) is 5.52 Å². The summed E-state index contributed by atoms with van der Waals surface area (Å²) in [6.07, 6.45) is 0. The Kier molecular flexibility index (Phi) is 2.14. The van der Waals surface area contributed by atoms with Crippen molar-refractivity contribution in [3.63, 3.8) is 0 Å². The first-order valence-corrected chi connectivity index (χ1v) is 5.47. The molecule has 0 atom stereocenters. The molecule has 0 radical (unpaired) electrons. The Bertz CT molecular complexity index is 544. The van der Waals surface area contributed by atoms with Crippen molar-refractivity contribution in [2.24, 2.45) is 7.05 Å². The quantitative estimate of drug-likeness (QED) is 0.612. The van der Waals surface area contributed by atoms with E-state index < -0.39 is 0 Å². The Morgan fingerprint density at radius 2 is 1.47 bits per heavy atom. The lowest BCUT2D eigenvalue weighted by molar-refractivity contribution is 0.906. The van der Waals surface area contributed by atoms with Gasteiger partial charge in [-0.15, -0.1) is 0 Å². The van der Waals surface area contributed by atoms with Gasteiger partial charge in [0.1, 0.15) is 0 Å². The average molecular weight is 201 g/mol. The van der Waals surface area contributed by atoms with Crippen LogP contribution in [0.3, 0.4) is 0 Å². The van der Waals surface area contributed by atoms with E-state index in [0.29, 0.717) is 0 Å². The van der Waals surface area contributed by atoms with E-state index in [-0.39, 0.29) is 0 Å². The molecule has 1 aromatic heterocycles. The molecule has 1 aromatic carbocycles. The van der Waals surface area contributed by atoms with Gasteiger partial charge in [-0.25, -0.2) is 0 Å². The number of fused-ring (bicyclic) bond motifs is 1. The molecule has 0 fully saturated rings. The van der Waals surface area contributed by atoms with E-state index in [0.717, 1.165) is 0 Å². The highest BCUT2D eigenvalue weighted by molar-refractivity contribution is 5.89. The molecule has 0 N–H and O–H groups in total. The smallest absolute Gasteiger partial charge is 0.0515 e. The van der Waals surface area contributed by atoms with E-state index in [2.05, 4.69) is 52.3 Å². The zero-order valence-corrected chi connectivity index (χ0v) is 10.5. The van der Waals surface area contributed by atoms with Crippen LogP contribution in [0.15, 0.2) is 6.07 Å². The molecule has 15 heavy (non-hydrogen) atoms. The highest BCUT2D eigenvalue weighted by Crippen LogP contribution is 2.30. The molecule has 0 aliphatic rings. The lowest BCUT2D eigenvalue weighted by Crippen LogP contribution is -1.94. The molecule has 0 aliphatic heterocycles. The Morgan fingerprint density at radius 3 is 2.07 bits per heavy atom. The molecule has 1 heterocycles. The van der Waals surface area contributed by atoms with Crippen molar-refractivity contribution >= 4 is 10.9 Å². The van der Waals surface area contributed by atoms with Crippen molar-refractivity contribution in [1.29, 1.82) is 0 Å². The molecule has 1 nitrogen and oxygen atoms in total. The Labute approximate surface area is 91.7 Å². The summed E-state index contributed by atoms with van der Waals surface area (Å²) < 4.78 is 2.31. The number of hydrogen-bond acceptors (Lipinski definition) is 0. The van der Waals surface area contributed by atoms with E-state index in [1.54, 1.807) is 0 Å². The first-order chi connectivity index (χ1) is 6.95. The lowest BCUT2D eigenvalue weighted by atomic mass is 9.99. The number of nitrogens with zero attached hydrogens (tertiary/aromatic N) is 1. The maximum Gasteiger partial charge on any atom is 0.0515 e. The van der Waals surface area contributed by atoms with Crippen molar-refractivity contribution in [1.82, 2.24) is 4.57 Å². The zero-order valence-electron chi connectivity index (χ0n) is 10.5. The molecule has 0 unspecified atom stereocenters. The van der Waals surface area contributed by atoms with Crippen LogP contribution in [0.25, 0.3) is 10.9 Å². The average Bonchev–Trinajstić information content (AvgIpc) is 2.40. The highest BCUT2D eigenvalue weighted by atomic mass is 14.9. The number of rotatable bonds is 0. The number of aromatic nitrogens is 1. The number of benzene rings is 1. The van der Waals surface area contributed by atoms with Gasteiger partial charge in [-0.05, 0) is 62.9 Å². The first-order valence-electron chi connectivity index (χ1n) is 5.47. The van der Waals surface area contributed by atoms with Crippen LogP contribution in [0.2, 0.25) is 0 Å². The molecule has 2 aromatic rings. The third-order valence-electron chi connectivity index (χ3n) is 3.91. The molecule has 0 aliphatic carbocycles. The fraction of sp³-hybridized carbons (Fsp3) is 0.429. The third kappa shape index (κ3) is 1.22. The van der Waals surface area contributed by atoms with E-state index in [4.69, 9.17) is 0 Å². The van der Waals surface area contributed by atoms with Crippen LogP contribution >= 0.6 is 0 Å². The first kappa shape index (κ1) is 10.3. The molecule has 2 rings (SSSR count). The molecule has 0 saturated carbocycles. The topological polar surface area (TPSA) is 4.93 Å². The second kappa shape index (κ2) is 3.13. The Hall–Kier alpha value is -1.24. The van der Waals surface area contributed by atoms with Gasteiger partial charge in [-0.1, -0.05) is 0 Å². The fourth-order valence-corrected chi connectivity index (χ4v) is 2.40. The summed E-state index contributed by atoms with van der Waals surface area (Å²) in [5, 5.41) is 1.41. The van der Waals surface area contributed by atoms with Crippen molar-refractivity contribution in [2.45, 2.75) is 34.6 Å². The number of aryl methyl sites for hydroxylation is 4. The van der Waals surface area contributed by atoms with Crippen LogP contribution in [0.5, 0.6) is 0 Å². The van der Waals surface area contributed by atoms with Gasteiger partial charge >= 0.3 is 0 Å². The molecule has 80 valence electrons. The predicted molar refractivity (Wildman–Crippen MR) is 66.6 cm³/mol. The monoisotopic (exact) mass is 201 g/mol. The molecular formula is C14H19N. The molecular weight excluding hydrogens is 182 g/mol. The molecule has 0 bridgehead atoms. The highest BCUT2D eigenvalue weighted by Gasteiger charge is 2.12. The van der Waals surface area contributed by atoms with Crippen LogP contribution in [-0.4, -0.2) is 4.57 Å². The summed E-state index contributed by atoms with van der Waals surface area (Å²) in [6, 6.07) is 2.32. The van der Waals surface area contributed by atoms with Gasteiger partial charge in [-0.2, -0.15) is 0 Å². The van der Waals surface area contributed by atoms with E-state index in [9.17, 15) is 0 Å². The second-order valence-corrected chi connectivity index (χ2v) is 4.61. The Morgan fingerprint density at radius 1 is 0.867 bits per heavy atom. The molecule has 0 saturated heterocycles. The fourth-order valence-electron chi connectivity index (χ4n) is 2.40. The molecule has 1 heteroatoms. The minimum absolute atomic E-state index is 1.37. The minimum Gasteiger partial charge on any atom is -0.347 e. The van der Waals surface area contributed by atoms with Crippen molar-refractivity contribution in [2.75, 3.05) is 0 Å². The maximum absolute atomic E-state index is 2.32. The predicted octanol–water partition coefficient (Wildman–Crippen LogP) is 3.72. The molecule has 0 spiro atoms. The third-order valence-corrected chi connectivity index (χ3v) is 3.91. The summed E-state index contributed by atoms with van der Waals surface area (Å²) in [4.78, 5) is 0. The normalized spacial score (nSPS) is 11.3. The van der Waals surface area contributed by atoms with E-state index >= 15 is 0 Å². The van der Waals surface area contributed by atoms with Gasteiger partial charge < -0.3 is 4.57 Å². The van der Waals surface area contributed by atoms with E-state index in [1.807, 2.05) is 0 Å². The summed E-state index contributed by atoms with van der Waals surface area (Å²) in [5.74, 6) is 0. The summed E-state index contributed by atoms with van der Waals surface area (Å²) in [7, 11) is 2.16.